The minimum Gasteiger partial charge on any atom is -0.462 e. The summed E-state index contributed by atoms with van der Waals surface area (Å²) in [7, 11) is 0. The number of ether oxygens (including phenoxy) is 1. The van der Waals surface area contributed by atoms with Gasteiger partial charge in [0.1, 0.15) is 11.0 Å². The smallest absolute Gasteiger partial charge is 0.340 e. The number of hydrogen-bond acceptors (Lipinski definition) is 5. The van der Waals surface area contributed by atoms with Crippen LogP contribution in [-0.2, 0) is 11.2 Å². The average Bonchev–Trinajstić information content (AvgIpc) is 3.20. The number of fused-ring (bicyclic) bond motifs is 3. The number of esters is 1. The van der Waals surface area contributed by atoms with Crippen molar-refractivity contribution in [2.24, 2.45) is 0 Å². The zero-order chi connectivity index (χ0) is 19.1. The number of thiazole rings is 1. The molecule has 0 aliphatic rings. The van der Waals surface area contributed by atoms with E-state index >= 15 is 0 Å². The van der Waals surface area contributed by atoms with Gasteiger partial charge in [-0.15, -0.1) is 11.3 Å². The lowest BCUT2D eigenvalue weighted by atomic mass is 9.95. The molecular weight excluding hydrogens is 360 g/mol. The Bertz CT molecular complexity index is 1160. The Kier molecular flexibility index (Phi) is 4.36. The first-order valence-corrected chi connectivity index (χ1v) is 9.66. The molecule has 0 bridgehead atoms. The van der Waals surface area contributed by atoms with Gasteiger partial charge in [-0.25, -0.2) is 9.78 Å². The van der Waals surface area contributed by atoms with Gasteiger partial charge in [0.2, 0.25) is 0 Å². The Hall–Kier alpha value is -2.86. The molecule has 0 spiro atoms. The van der Waals surface area contributed by atoms with Gasteiger partial charge in [0.15, 0.2) is 0 Å². The van der Waals surface area contributed by atoms with Crippen LogP contribution >= 0.6 is 11.3 Å². The average molecular weight is 380 g/mol. The molecule has 2 heterocycles. The van der Waals surface area contributed by atoms with Crippen LogP contribution < -0.4 is 0 Å². The summed E-state index contributed by atoms with van der Waals surface area (Å²) in [4.78, 5) is 17.1. The molecule has 4 rings (SSSR count). The summed E-state index contributed by atoms with van der Waals surface area (Å²) in [6, 6.07) is 10.2. The maximum atomic E-state index is 12.5. The largest absolute Gasteiger partial charge is 0.462 e. The summed E-state index contributed by atoms with van der Waals surface area (Å²) < 4.78 is 7.25. The third-order valence-electron chi connectivity index (χ3n) is 4.77. The number of aryl methyl sites for hydroxylation is 2. The zero-order valence-electron chi connectivity index (χ0n) is 15.4. The molecule has 138 valence electrons. The Morgan fingerprint density at radius 1 is 1.26 bits per heavy atom. The lowest BCUT2D eigenvalue weighted by molar-refractivity contribution is 0.0526. The van der Waals surface area contributed by atoms with Crippen LogP contribution in [0.3, 0.4) is 0 Å². The molecule has 27 heavy (non-hydrogen) atoms. The second-order valence-corrected chi connectivity index (χ2v) is 7.71. The molecule has 0 fully saturated rings. The number of carbonyl (C=O) groups is 1. The number of rotatable bonds is 4. The predicted octanol–water partition coefficient (Wildman–Crippen LogP) is 4.87. The zero-order valence-corrected chi connectivity index (χ0v) is 16.3. The topological polar surface area (TPSA) is 64.3 Å². The molecule has 0 saturated heterocycles. The Balaban J connectivity index is 2.05. The van der Waals surface area contributed by atoms with Gasteiger partial charge < -0.3 is 9.94 Å². The maximum Gasteiger partial charge on any atom is 0.340 e. The summed E-state index contributed by atoms with van der Waals surface area (Å²) in [6.45, 7) is 6.00. The summed E-state index contributed by atoms with van der Waals surface area (Å²) in [6.07, 6.45) is 2.16. The van der Waals surface area contributed by atoms with E-state index in [0.717, 1.165) is 37.5 Å². The second kappa shape index (κ2) is 6.70. The van der Waals surface area contributed by atoms with E-state index < -0.39 is 5.97 Å². The van der Waals surface area contributed by atoms with Gasteiger partial charge in [0.25, 0.3) is 0 Å². The van der Waals surface area contributed by atoms with Crippen LogP contribution in [-0.4, -0.2) is 27.5 Å². The normalized spacial score (nSPS) is 11.4. The van der Waals surface area contributed by atoms with Crippen LogP contribution in [0.5, 0.6) is 0 Å². The lowest BCUT2D eigenvalue weighted by Gasteiger charge is -2.11. The molecule has 2 aromatic heterocycles. The second-order valence-electron chi connectivity index (χ2n) is 6.51. The lowest BCUT2D eigenvalue weighted by Crippen LogP contribution is -2.05. The molecule has 0 amide bonds. The SMILES string of the molecule is CCOC(=O)c1cn(O)c2c1c(C)c(Cc1ccccc1)c1sc(C)nc12. The van der Waals surface area contributed by atoms with Crippen LogP contribution in [0.25, 0.3) is 21.1 Å². The van der Waals surface area contributed by atoms with E-state index in [1.807, 2.05) is 32.0 Å². The molecule has 1 N–H and O–H groups in total. The number of carbonyl (C=O) groups excluding carboxylic acids is 1. The Morgan fingerprint density at radius 3 is 2.70 bits per heavy atom. The first kappa shape index (κ1) is 17.5. The van der Waals surface area contributed by atoms with Crippen LogP contribution in [0.2, 0.25) is 0 Å². The standard InChI is InChI=1S/C21H20N2O3S/c1-4-26-21(24)16-11-23(25)19-17(16)12(2)15(10-14-8-6-5-7-9-14)20-18(19)22-13(3)27-20/h5-9,11,25H,4,10H2,1-3H3. The third-order valence-corrected chi connectivity index (χ3v) is 5.80. The first-order valence-electron chi connectivity index (χ1n) is 8.85. The number of hydrogen-bond donors (Lipinski definition) is 1. The highest BCUT2D eigenvalue weighted by Crippen LogP contribution is 2.39. The van der Waals surface area contributed by atoms with Crippen molar-refractivity contribution in [2.75, 3.05) is 6.61 Å². The van der Waals surface area contributed by atoms with Crippen LogP contribution in [0.1, 0.15) is 39.0 Å². The van der Waals surface area contributed by atoms with Gasteiger partial charge >= 0.3 is 5.97 Å². The molecule has 5 nitrogen and oxygen atoms in total. The van der Waals surface area contributed by atoms with Crippen molar-refractivity contribution in [1.29, 1.82) is 0 Å². The summed E-state index contributed by atoms with van der Waals surface area (Å²) in [5.41, 5.74) is 4.95. The van der Waals surface area contributed by atoms with Gasteiger partial charge in [0.05, 0.1) is 28.1 Å². The van der Waals surface area contributed by atoms with Crippen LogP contribution in [0.4, 0.5) is 0 Å². The van der Waals surface area contributed by atoms with Crippen molar-refractivity contribution < 1.29 is 14.7 Å². The van der Waals surface area contributed by atoms with E-state index in [1.54, 1.807) is 18.3 Å². The van der Waals surface area contributed by atoms with E-state index in [4.69, 9.17) is 4.74 Å². The fourth-order valence-corrected chi connectivity index (χ4v) is 4.61. The van der Waals surface area contributed by atoms with E-state index in [0.29, 0.717) is 16.5 Å². The molecule has 0 unspecified atom stereocenters. The molecule has 6 heteroatoms. The van der Waals surface area contributed by atoms with E-state index in [-0.39, 0.29) is 6.61 Å². The minimum absolute atomic E-state index is 0.283. The van der Waals surface area contributed by atoms with Crippen molar-refractivity contribution >= 4 is 38.4 Å². The van der Waals surface area contributed by atoms with Crippen LogP contribution in [0.15, 0.2) is 36.5 Å². The van der Waals surface area contributed by atoms with Gasteiger partial charge in [-0.1, -0.05) is 30.3 Å². The quantitative estimate of drug-likeness (QED) is 0.405. The molecule has 0 aliphatic heterocycles. The predicted molar refractivity (Wildman–Crippen MR) is 107 cm³/mol. The monoisotopic (exact) mass is 380 g/mol. The molecular formula is C21H20N2O3S. The van der Waals surface area contributed by atoms with Crippen molar-refractivity contribution in [2.45, 2.75) is 27.2 Å². The fourth-order valence-electron chi connectivity index (χ4n) is 3.59. The minimum atomic E-state index is -0.435. The van der Waals surface area contributed by atoms with Crippen molar-refractivity contribution in [3.63, 3.8) is 0 Å². The van der Waals surface area contributed by atoms with Crippen LogP contribution in [0, 0.1) is 13.8 Å². The number of nitrogens with zero attached hydrogens (tertiary/aromatic N) is 2. The summed E-state index contributed by atoms with van der Waals surface area (Å²) in [5, 5.41) is 12.1. The highest BCUT2D eigenvalue weighted by Gasteiger charge is 2.24. The molecule has 0 aliphatic carbocycles. The van der Waals surface area contributed by atoms with Gasteiger partial charge in [-0.05, 0) is 43.9 Å². The van der Waals surface area contributed by atoms with E-state index in [1.165, 1.54) is 11.8 Å². The molecule has 4 aromatic rings. The van der Waals surface area contributed by atoms with E-state index in [9.17, 15) is 10.0 Å². The Morgan fingerprint density at radius 2 is 2.00 bits per heavy atom. The summed E-state index contributed by atoms with van der Waals surface area (Å²) >= 11 is 1.61. The van der Waals surface area contributed by atoms with E-state index in [2.05, 4.69) is 17.1 Å². The van der Waals surface area contributed by atoms with Crippen molar-refractivity contribution in [1.82, 2.24) is 9.71 Å². The summed E-state index contributed by atoms with van der Waals surface area (Å²) in [5.74, 6) is -0.435. The molecule has 0 atom stereocenters. The highest BCUT2D eigenvalue weighted by molar-refractivity contribution is 7.18. The molecule has 0 radical (unpaired) electrons. The third kappa shape index (κ3) is 2.86. The van der Waals surface area contributed by atoms with Crippen molar-refractivity contribution in [3.8, 4) is 0 Å². The number of benzene rings is 2. The van der Waals surface area contributed by atoms with Gasteiger partial charge in [0, 0.05) is 5.39 Å². The first-order chi connectivity index (χ1) is 13.0. The molecule has 2 aromatic carbocycles. The Labute approximate surface area is 160 Å². The van der Waals surface area contributed by atoms with Crippen molar-refractivity contribution in [3.05, 3.63) is 63.8 Å². The fraction of sp³-hybridized carbons (Fsp3) is 0.238. The van der Waals surface area contributed by atoms with Gasteiger partial charge in [-0.3, -0.25) is 0 Å². The highest BCUT2D eigenvalue weighted by atomic mass is 32.1. The maximum absolute atomic E-state index is 12.5. The van der Waals surface area contributed by atoms with Gasteiger partial charge in [-0.2, -0.15) is 4.73 Å². The molecule has 0 saturated carbocycles. The number of aromatic nitrogens is 2.